The van der Waals surface area contributed by atoms with Crippen LogP contribution in [0.25, 0.3) is 0 Å². The third-order valence-electron chi connectivity index (χ3n) is 4.40. The highest BCUT2D eigenvalue weighted by Gasteiger charge is 2.26. The first-order valence-electron chi connectivity index (χ1n) is 7.82. The van der Waals surface area contributed by atoms with Crippen LogP contribution in [0, 0.1) is 0 Å². The summed E-state index contributed by atoms with van der Waals surface area (Å²) in [6.45, 7) is 2.65. The molecule has 1 aliphatic rings. The lowest BCUT2D eigenvalue weighted by Crippen LogP contribution is -2.35. The van der Waals surface area contributed by atoms with Gasteiger partial charge in [-0.2, -0.15) is 0 Å². The molecule has 0 saturated carbocycles. The Bertz CT molecular complexity index is 575. The van der Waals surface area contributed by atoms with Crippen molar-refractivity contribution in [2.45, 2.75) is 18.6 Å². The number of likely N-dealkylation sites (tertiary alicyclic amines) is 1. The van der Waals surface area contributed by atoms with E-state index in [0.717, 1.165) is 31.7 Å². The molecule has 0 spiro atoms. The number of likely N-dealkylation sites (N-methyl/N-ethyl adjacent to an activating group) is 1. The average Bonchev–Trinajstić information content (AvgIpc) is 2.99. The van der Waals surface area contributed by atoms with E-state index in [-0.39, 0.29) is 12.1 Å². The van der Waals surface area contributed by atoms with Crippen LogP contribution in [0.3, 0.4) is 0 Å². The summed E-state index contributed by atoms with van der Waals surface area (Å²) in [5.41, 5.74) is 2.45. The molecule has 1 fully saturated rings. The van der Waals surface area contributed by atoms with Gasteiger partial charge < -0.3 is 10.0 Å². The van der Waals surface area contributed by atoms with Crippen LogP contribution in [0.4, 0.5) is 5.69 Å². The van der Waals surface area contributed by atoms with Gasteiger partial charge in [0.25, 0.3) is 0 Å². The van der Waals surface area contributed by atoms with Crippen LogP contribution in [-0.4, -0.2) is 47.8 Å². The van der Waals surface area contributed by atoms with Gasteiger partial charge in [-0.15, -0.1) is 0 Å². The van der Waals surface area contributed by atoms with Gasteiger partial charge in [0.1, 0.15) is 0 Å². The van der Waals surface area contributed by atoms with E-state index in [0.29, 0.717) is 0 Å². The molecular weight excluding hydrogens is 274 g/mol. The number of hydrogen-bond donors (Lipinski definition) is 1. The van der Waals surface area contributed by atoms with Crippen molar-refractivity contribution in [2.24, 2.45) is 0 Å². The van der Waals surface area contributed by atoms with Crippen LogP contribution in [0.1, 0.15) is 18.0 Å². The molecule has 1 saturated heterocycles. The van der Waals surface area contributed by atoms with Crippen molar-refractivity contribution in [3.63, 3.8) is 0 Å². The normalized spacial score (nSPS) is 20.0. The number of benzene rings is 1. The van der Waals surface area contributed by atoms with Crippen LogP contribution < -0.4 is 4.90 Å². The molecule has 1 aromatic carbocycles. The fraction of sp³-hybridized carbons (Fsp3) is 0.389. The maximum Gasteiger partial charge on any atom is 0.0679 e. The Kier molecular flexibility index (Phi) is 4.71. The second kappa shape index (κ2) is 6.90. The van der Waals surface area contributed by atoms with Crippen LogP contribution in [0.15, 0.2) is 54.9 Å². The Morgan fingerprint density at radius 3 is 2.59 bits per heavy atom. The molecule has 4 heteroatoms. The number of aliphatic hydroxyl groups is 1. The Morgan fingerprint density at radius 1 is 1.23 bits per heavy atom. The van der Waals surface area contributed by atoms with Gasteiger partial charge in [-0.1, -0.05) is 30.3 Å². The first-order valence-corrected chi connectivity index (χ1v) is 7.82. The highest BCUT2D eigenvalue weighted by atomic mass is 16.3. The van der Waals surface area contributed by atoms with E-state index in [9.17, 15) is 5.11 Å². The van der Waals surface area contributed by atoms with E-state index in [2.05, 4.69) is 46.1 Å². The minimum absolute atomic E-state index is 0.178. The predicted octanol–water partition coefficient (Wildman–Crippen LogP) is 2.33. The smallest absolute Gasteiger partial charge is 0.0679 e. The summed E-state index contributed by atoms with van der Waals surface area (Å²) in [5, 5.41) is 9.78. The van der Waals surface area contributed by atoms with E-state index in [1.165, 1.54) is 5.56 Å². The van der Waals surface area contributed by atoms with Crippen LogP contribution >= 0.6 is 0 Å². The topological polar surface area (TPSA) is 39.6 Å². The summed E-state index contributed by atoms with van der Waals surface area (Å²) in [4.78, 5) is 8.74. The third-order valence-corrected chi connectivity index (χ3v) is 4.40. The van der Waals surface area contributed by atoms with Crippen molar-refractivity contribution in [1.29, 1.82) is 0 Å². The van der Waals surface area contributed by atoms with E-state index in [1.807, 2.05) is 30.6 Å². The van der Waals surface area contributed by atoms with E-state index < -0.39 is 0 Å². The summed E-state index contributed by atoms with van der Waals surface area (Å²) in [7, 11) is 2.12. The van der Waals surface area contributed by atoms with Crippen molar-refractivity contribution in [3.05, 3.63) is 60.4 Å². The Balaban J connectivity index is 1.83. The third kappa shape index (κ3) is 3.46. The molecule has 0 bridgehead atoms. The highest BCUT2D eigenvalue weighted by Crippen LogP contribution is 2.27. The maximum absolute atomic E-state index is 9.78. The second-order valence-corrected chi connectivity index (χ2v) is 5.94. The van der Waals surface area contributed by atoms with E-state index in [1.54, 1.807) is 0 Å². The zero-order valence-electron chi connectivity index (χ0n) is 13.0. The van der Waals surface area contributed by atoms with E-state index in [4.69, 9.17) is 0 Å². The van der Waals surface area contributed by atoms with Crippen molar-refractivity contribution in [1.82, 2.24) is 9.88 Å². The van der Waals surface area contributed by atoms with Gasteiger partial charge >= 0.3 is 0 Å². The largest absolute Gasteiger partial charge is 0.392 e. The first kappa shape index (κ1) is 15.0. The number of β-amino-alcohol motifs (C(OH)–C–C–N with tert-alkyl or cyclic N) is 1. The number of rotatable bonds is 5. The van der Waals surface area contributed by atoms with Gasteiger partial charge in [-0.3, -0.25) is 9.88 Å². The minimum atomic E-state index is -0.178. The number of anilines is 1. The molecule has 0 radical (unpaired) electrons. The standard InChI is InChI=1S/C18H23N3O/c1-20(16-7-10-19-11-8-16)18(15-5-3-2-4-6-15)14-21-12-9-17(22)13-21/h2-8,10-11,17-18,22H,9,12-14H2,1H3. The lowest BCUT2D eigenvalue weighted by atomic mass is 10.0. The first-order chi connectivity index (χ1) is 10.7. The fourth-order valence-corrected chi connectivity index (χ4v) is 3.11. The molecule has 22 heavy (non-hydrogen) atoms. The van der Waals surface area contributed by atoms with Gasteiger partial charge in [0, 0.05) is 44.8 Å². The van der Waals surface area contributed by atoms with Gasteiger partial charge in [-0.25, -0.2) is 0 Å². The molecule has 0 amide bonds. The number of pyridine rings is 1. The Hall–Kier alpha value is -1.91. The second-order valence-electron chi connectivity index (χ2n) is 5.94. The van der Waals surface area contributed by atoms with Crippen molar-refractivity contribution >= 4 is 5.69 Å². The number of aromatic nitrogens is 1. The quantitative estimate of drug-likeness (QED) is 0.919. The average molecular weight is 297 g/mol. The maximum atomic E-state index is 9.78. The molecular formula is C18H23N3O. The highest BCUT2D eigenvalue weighted by molar-refractivity contribution is 5.46. The Labute approximate surface area is 132 Å². The molecule has 2 unspecified atom stereocenters. The summed E-state index contributed by atoms with van der Waals surface area (Å²) >= 11 is 0. The summed E-state index contributed by atoms with van der Waals surface area (Å²) < 4.78 is 0. The van der Waals surface area contributed by atoms with Gasteiger partial charge in [0.05, 0.1) is 12.1 Å². The molecule has 1 aliphatic heterocycles. The van der Waals surface area contributed by atoms with Gasteiger partial charge in [0.2, 0.25) is 0 Å². The fourth-order valence-electron chi connectivity index (χ4n) is 3.11. The molecule has 1 N–H and O–H groups in total. The van der Waals surface area contributed by atoms with Crippen molar-refractivity contribution < 1.29 is 5.11 Å². The molecule has 2 heterocycles. The summed E-state index contributed by atoms with van der Waals surface area (Å²) in [6, 6.07) is 14.9. The van der Waals surface area contributed by atoms with Crippen LogP contribution in [0.2, 0.25) is 0 Å². The molecule has 1 aromatic heterocycles. The molecule has 2 aromatic rings. The van der Waals surface area contributed by atoms with Crippen molar-refractivity contribution in [2.75, 3.05) is 31.6 Å². The number of aliphatic hydroxyl groups excluding tert-OH is 1. The molecule has 3 rings (SSSR count). The lowest BCUT2D eigenvalue weighted by molar-refractivity contribution is 0.174. The summed E-state index contributed by atoms with van der Waals surface area (Å²) in [5.74, 6) is 0. The van der Waals surface area contributed by atoms with Crippen LogP contribution in [0.5, 0.6) is 0 Å². The SMILES string of the molecule is CN(c1ccncc1)C(CN1CCC(O)C1)c1ccccc1. The minimum Gasteiger partial charge on any atom is -0.392 e. The number of hydrogen-bond acceptors (Lipinski definition) is 4. The van der Waals surface area contributed by atoms with Gasteiger partial charge in [-0.05, 0) is 24.1 Å². The summed E-state index contributed by atoms with van der Waals surface area (Å²) in [6.07, 6.45) is 4.35. The zero-order chi connectivity index (χ0) is 15.4. The lowest BCUT2D eigenvalue weighted by Gasteiger charge is -2.33. The van der Waals surface area contributed by atoms with Crippen LogP contribution in [-0.2, 0) is 0 Å². The monoisotopic (exact) mass is 297 g/mol. The number of nitrogens with zero attached hydrogens (tertiary/aromatic N) is 3. The van der Waals surface area contributed by atoms with Gasteiger partial charge in [0.15, 0.2) is 0 Å². The van der Waals surface area contributed by atoms with E-state index >= 15 is 0 Å². The predicted molar refractivity (Wildman–Crippen MR) is 88.9 cm³/mol. The molecule has 0 aliphatic carbocycles. The molecule has 4 nitrogen and oxygen atoms in total. The molecule has 116 valence electrons. The molecule has 2 atom stereocenters. The van der Waals surface area contributed by atoms with Crippen molar-refractivity contribution in [3.8, 4) is 0 Å². The zero-order valence-corrected chi connectivity index (χ0v) is 13.0. The Morgan fingerprint density at radius 2 is 1.95 bits per heavy atom.